The van der Waals surface area contributed by atoms with E-state index in [2.05, 4.69) is 0 Å². The highest BCUT2D eigenvalue weighted by molar-refractivity contribution is 5.91. The molecule has 150 valence electrons. The third-order valence-corrected chi connectivity index (χ3v) is 4.39. The summed E-state index contributed by atoms with van der Waals surface area (Å²) in [6.45, 7) is 0.588. The van der Waals surface area contributed by atoms with E-state index >= 15 is 0 Å². The van der Waals surface area contributed by atoms with E-state index in [4.69, 9.17) is 18.9 Å². The summed E-state index contributed by atoms with van der Waals surface area (Å²) in [6.07, 6.45) is 4.03. The first-order valence-electron chi connectivity index (χ1n) is 8.88. The Balaban J connectivity index is 1.96. The first-order chi connectivity index (χ1) is 13.5. The smallest absolute Gasteiger partial charge is 0.246 e. The SMILES string of the molecule is COc1ccc(C=CC(=O)N(C)CCc2ccc(OC)c(OC)c2)cc1OC. The quantitative estimate of drug-likeness (QED) is 0.619. The van der Waals surface area contributed by atoms with Crippen molar-refractivity contribution in [1.82, 2.24) is 4.90 Å². The van der Waals surface area contributed by atoms with Crippen molar-refractivity contribution in [1.29, 1.82) is 0 Å². The van der Waals surface area contributed by atoms with E-state index < -0.39 is 0 Å². The van der Waals surface area contributed by atoms with Crippen LogP contribution in [-0.4, -0.2) is 52.8 Å². The van der Waals surface area contributed by atoms with Crippen molar-refractivity contribution < 1.29 is 23.7 Å². The Bertz CT molecular complexity index is 832. The first kappa shape index (κ1) is 21.2. The van der Waals surface area contributed by atoms with Crippen molar-refractivity contribution in [2.24, 2.45) is 0 Å². The first-order valence-corrected chi connectivity index (χ1v) is 8.88. The molecule has 6 nitrogen and oxygen atoms in total. The average molecular weight is 385 g/mol. The number of likely N-dealkylation sites (N-methyl/N-ethyl adjacent to an activating group) is 1. The minimum Gasteiger partial charge on any atom is -0.493 e. The third-order valence-electron chi connectivity index (χ3n) is 4.39. The molecule has 1 amide bonds. The third kappa shape index (κ3) is 5.42. The Morgan fingerprint density at radius 1 is 0.857 bits per heavy atom. The summed E-state index contributed by atoms with van der Waals surface area (Å²) in [5.41, 5.74) is 1.93. The van der Waals surface area contributed by atoms with E-state index in [9.17, 15) is 4.79 Å². The Kier molecular flexibility index (Phi) is 7.75. The molecule has 0 aliphatic heterocycles. The van der Waals surface area contributed by atoms with Crippen LogP contribution in [0.4, 0.5) is 0 Å². The van der Waals surface area contributed by atoms with Crippen LogP contribution in [0.2, 0.25) is 0 Å². The molecule has 2 aromatic carbocycles. The van der Waals surface area contributed by atoms with Gasteiger partial charge in [-0.1, -0.05) is 12.1 Å². The van der Waals surface area contributed by atoms with Crippen LogP contribution in [-0.2, 0) is 11.2 Å². The normalized spacial score (nSPS) is 10.6. The molecule has 0 aliphatic carbocycles. The number of carbonyl (C=O) groups is 1. The second-order valence-electron chi connectivity index (χ2n) is 6.15. The van der Waals surface area contributed by atoms with Gasteiger partial charge in [0.2, 0.25) is 5.91 Å². The number of carbonyl (C=O) groups excluding carboxylic acids is 1. The minimum absolute atomic E-state index is 0.0738. The summed E-state index contributed by atoms with van der Waals surface area (Å²) in [5.74, 6) is 2.57. The predicted octanol–water partition coefficient (Wildman–Crippen LogP) is 3.44. The standard InChI is InChI=1S/C22H27NO5/c1-23(13-12-17-7-10-19(26-3)21(15-17)28-5)22(24)11-8-16-6-9-18(25-2)20(14-16)27-4/h6-11,14-15H,12-13H2,1-5H3. The zero-order valence-corrected chi connectivity index (χ0v) is 17.0. The number of ether oxygens (including phenoxy) is 4. The van der Waals surface area contributed by atoms with E-state index in [1.165, 1.54) is 0 Å². The van der Waals surface area contributed by atoms with Gasteiger partial charge in [-0.2, -0.15) is 0 Å². The Hall–Kier alpha value is -3.15. The molecule has 0 heterocycles. The second-order valence-corrected chi connectivity index (χ2v) is 6.15. The number of rotatable bonds is 9. The van der Waals surface area contributed by atoms with Gasteiger partial charge >= 0.3 is 0 Å². The summed E-state index contributed by atoms with van der Waals surface area (Å²) in [6, 6.07) is 11.3. The van der Waals surface area contributed by atoms with Gasteiger partial charge in [0, 0.05) is 19.7 Å². The van der Waals surface area contributed by atoms with E-state index in [-0.39, 0.29) is 5.91 Å². The molecule has 0 fully saturated rings. The van der Waals surface area contributed by atoms with Gasteiger partial charge in [-0.25, -0.2) is 0 Å². The Morgan fingerprint density at radius 2 is 1.43 bits per heavy atom. The van der Waals surface area contributed by atoms with Crippen molar-refractivity contribution in [3.63, 3.8) is 0 Å². The lowest BCUT2D eigenvalue weighted by Gasteiger charge is -2.16. The molecule has 0 saturated carbocycles. The van der Waals surface area contributed by atoms with E-state index in [1.54, 1.807) is 52.5 Å². The molecule has 2 aromatic rings. The van der Waals surface area contributed by atoms with Crippen molar-refractivity contribution in [2.75, 3.05) is 42.0 Å². The van der Waals surface area contributed by atoms with E-state index in [0.29, 0.717) is 36.0 Å². The maximum Gasteiger partial charge on any atom is 0.246 e. The fourth-order valence-corrected chi connectivity index (χ4v) is 2.69. The molecule has 0 spiro atoms. The minimum atomic E-state index is -0.0738. The summed E-state index contributed by atoms with van der Waals surface area (Å²) in [5, 5.41) is 0. The Morgan fingerprint density at radius 3 is 2.04 bits per heavy atom. The Labute approximate surface area is 166 Å². The molecule has 0 saturated heterocycles. The number of benzene rings is 2. The average Bonchev–Trinajstić information content (AvgIpc) is 2.74. The highest BCUT2D eigenvalue weighted by Gasteiger charge is 2.09. The molecule has 0 N–H and O–H groups in total. The van der Waals surface area contributed by atoms with Gasteiger partial charge in [0.05, 0.1) is 28.4 Å². The zero-order valence-electron chi connectivity index (χ0n) is 17.0. The topological polar surface area (TPSA) is 57.2 Å². The maximum atomic E-state index is 12.4. The fraction of sp³-hybridized carbons (Fsp3) is 0.318. The van der Waals surface area contributed by atoms with Crippen LogP contribution < -0.4 is 18.9 Å². The zero-order chi connectivity index (χ0) is 20.5. The monoisotopic (exact) mass is 385 g/mol. The highest BCUT2D eigenvalue weighted by Crippen LogP contribution is 2.28. The van der Waals surface area contributed by atoms with Crippen LogP contribution in [0.15, 0.2) is 42.5 Å². The lowest BCUT2D eigenvalue weighted by molar-refractivity contribution is -0.124. The van der Waals surface area contributed by atoms with Crippen molar-refractivity contribution >= 4 is 12.0 Å². The largest absolute Gasteiger partial charge is 0.493 e. The van der Waals surface area contributed by atoms with Gasteiger partial charge in [0.1, 0.15) is 0 Å². The van der Waals surface area contributed by atoms with Crippen LogP contribution in [0.3, 0.4) is 0 Å². The molecule has 0 atom stereocenters. The maximum absolute atomic E-state index is 12.4. The van der Waals surface area contributed by atoms with Gasteiger partial charge in [-0.3, -0.25) is 4.79 Å². The molecule has 28 heavy (non-hydrogen) atoms. The molecular weight excluding hydrogens is 358 g/mol. The van der Waals surface area contributed by atoms with Crippen LogP contribution in [0, 0.1) is 0 Å². The molecular formula is C22H27NO5. The van der Waals surface area contributed by atoms with Crippen LogP contribution in [0.5, 0.6) is 23.0 Å². The van der Waals surface area contributed by atoms with Gasteiger partial charge in [-0.05, 0) is 47.9 Å². The molecule has 0 unspecified atom stereocenters. The molecule has 0 bridgehead atoms. The van der Waals surface area contributed by atoms with Crippen molar-refractivity contribution in [3.8, 4) is 23.0 Å². The van der Waals surface area contributed by atoms with Crippen LogP contribution in [0.1, 0.15) is 11.1 Å². The van der Waals surface area contributed by atoms with Gasteiger partial charge in [0.15, 0.2) is 23.0 Å². The summed E-state index contributed by atoms with van der Waals surface area (Å²) in [4.78, 5) is 14.1. The van der Waals surface area contributed by atoms with Gasteiger partial charge in [-0.15, -0.1) is 0 Å². The number of amides is 1. The number of hydrogen-bond donors (Lipinski definition) is 0. The number of nitrogens with zero attached hydrogens (tertiary/aromatic N) is 1. The molecule has 0 aliphatic rings. The van der Waals surface area contributed by atoms with Gasteiger partial charge in [0.25, 0.3) is 0 Å². The summed E-state index contributed by atoms with van der Waals surface area (Å²) >= 11 is 0. The number of methoxy groups -OCH3 is 4. The van der Waals surface area contributed by atoms with Crippen molar-refractivity contribution in [3.05, 3.63) is 53.6 Å². The van der Waals surface area contributed by atoms with E-state index in [1.807, 2.05) is 36.4 Å². The van der Waals surface area contributed by atoms with Crippen molar-refractivity contribution in [2.45, 2.75) is 6.42 Å². The molecule has 0 radical (unpaired) electrons. The fourth-order valence-electron chi connectivity index (χ4n) is 2.69. The predicted molar refractivity (Wildman–Crippen MR) is 109 cm³/mol. The van der Waals surface area contributed by atoms with Crippen LogP contribution >= 0.6 is 0 Å². The summed E-state index contributed by atoms with van der Waals surface area (Å²) in [7, 11) is 8.16. The van der Waals surface area contributed by atoms with Crippen LogP contribution in [0.25, 0.3) is 6.08 Å². The number of hydrogen-bond acceptors (Lipinski definition) is 5. The molecule has 6 heteroatoms. The lowest BCUT2D eigenvalue weighted by Crippen LogP contribution is -2.27. The van der Waals surface area contributed by atoms with E-state index in [0.717, 1.165) is 11.1 Å². The lowest BCUT2D eigenvalue weighted by atomic mass is 10.1. The molecule has 2 rings (SSSR count). The summed E-state index contributed by atoms with van der Waals surface area (Å²) < 4.78 is 21.1. The highest BCUT2D eigenvalue weighted by atomic mass is 16.5. The second kappa shape index (κ2) is 10.3. The van der Waals surface area contributed by atoms with Gasteiger partial charge < -0.3 is 23.8 Å². The molecule has 0 aromatic heterocycles.